The van der Waals surface area contributed by atoms with Gasteiger partial charge in [-0.25, -0.2) is 8.42 Å². The van der Waals surface area contributed by atoms with E-state index in [-0.39, 0.29) is 34.0 Å². The summed E-state index contributed by atoms with van der Waals surface area (Å²) in [4.78, 5) is 29.1. The monoisotopic (exact) mass is 613 g/mol. The van der Waals surface area contributed by atoms with Crippen LogP contribution in [0.4, 0.5) is 5.69 Å². The molecular formula is C32H40ClN3O5S. The van der Waals surface area contributed by atoms with Gasteiger partial charge in [0.05, 0.1) is 22.7 Å². The maximum absolute atomic E-state index is 14.2. The van der Waals surface area contributed by atoms with Crippen molar-refractivity contribution in [2.24, 2.45) is 5.92 Å². The summed E-state index contributed by atoms with van der Waals surface area (Å²) >= 11 is 6.39. The fourth-order valence-corrected chi connectivity index (χ4v) is 6.15. The average molecular weight is 614 g/mol. The molecular weight excluding hydrogens is 574 g/mol. The van der Waals surface area contributed by atoms with Crippen LogP contribution in [0.5, 0.6) is 5.75 Å². The number of nitrogens with one attached hydrogen (secondary N) is 1. The molecule has 42 heavy (non-hydrogen) atoms. The lowest BCUT2D eigenvalue weighted by atomic mass is 10.1. The molecule has 0 saturated heterocycles. The van der Waals surface area contributed by atoms with E-state index >= 15 is 0 Å². The molecule has 0 unspecified atom stereocenters. The van der Waals surface area contributed by atoms with Crippen LogP contribution in [0.3, 0.4) is 0 Å². The number of sulfonamides is 1. The van der Waals surface area contributed by atoms with Gasteiger partial charge in [-0.3, -0.25) is 13.9 Å². The van der Waals surface area contributed by atoms with E-state index in [1.54, 1.807) is 24.3 Å². The lowest BCUT2D eigenvalue weighted by Gasteiger charge is -2.33. The summed E-state index contributed by atoms with van der Waals surface area (Å²) in [5, 5.41) is 3.14. The second-order valence-corrected chi connectivity index (χ2v) is 12.9. The van der Waals surface area contributed by atoms with Gasteiger partial charge >= 0.3 is 0 Å². The van der Waals surface area contributed by atoms with Crippen molar-refractivity contribution in [1.29, 1.82) is 0 Å². The van der Waals surface area contributed by atoms with E-state index in [0.717, 1.165) is 21.0 Å². The number of carbonyl (C=O) groups is 2. The second kappa shape index (κ2) is 14.6. The molecule has 1 N–H and O–H groups in total. The smallest absolute Gasteiger partial charge is 0.264 e. The van der Waals surface area contributed by atoms with Gasteiger partial charge < -0.3 is 15.0 Å². The third-order valence-corrected chi connectivity index (χ3v) is 9.07. The van der Waals surface area contributed by atoms with E-state index in [1.165, 1.54) is 30.2 Å². The Labute approximate surface area is 254 Å². The van der Waals surface area contributed by atoms with Crippen LogP contribution in [-0.2, 0) is 26.2 Å². The Balaban J connectivity index is 2.09. The zero-order valence-electron chi connectivity index (χ0n) is 25.1. The molecule has 8 nitrogen and oxygen atoms in total. The maximum Gasteiger partial charge on any atom is 0.264 e. The van der Waals surface area contributed by atoms with Crippen molar-refractivity contribution in [3.8, 4) is 5.75 Å². The molecule has 0 radical (unpaired) electrons. The first-order chi connectivity index (χ1) is 19.9. The van der Waals surface area contributed by atoms with Crippen LogP contribution >= 0.6 is 11.6 Å². The highest BCUT2D eigenvalue weighted by molar-refractivity contribution is 7.92. The summed E-state index contributed by atoms with van der Waals surface area (Å²) in [6, 6.07) is 17.8. The first kappa shape index (κ1) is 32.9. The summed E-state index contributed by atoms with van der Waals surface area (Å²) in [7, 11) is -2.74. The number of nitrogens with zero attached hydrogens (tertiary/aromatic N) is 2. The van der Waals surface area contributed by atoms with Gasteiger partial charge in [-0.05, 0) is 67.6 Å². The number of methoxy groups -OCH3 is 1. The van der Waals surface area contributed by atoms with Crippen molar-refractivity contribution in [2.45, 2.75) is 58.5 Å². The van der Waals surface area contributed by atoms with Gasteiger partial charge in [-0.2, -0.15) is 0 Å². The van der Waals surface area contributed by atoms with Gasteiger partial charge in [0.25, 0.3) is 10.0 Å². The fourth-order valence-electron chi connectivity index (χ4n) is 4.49. The van der Waals surface area contributed by atoms with E-state index < -0.39 is 28.5 Å². The summed E-state index contributed by atoms with van der Waals surface area (Å²) < 4.78 is 34.4. The minimum atomic E-state index is -4.21. The van der Waals surface area contributed by atoms with E-state index in [9.17, 15) is 18.0 Å². The third-order valence-electron chi connectivity index (χ3n) is 6.98. The summed E-state index contributed by atoms with van der Waals surface area (Å²) in [5.41, 5.74) is 2.91. The lowest BCUT2D eigenvalue weighted by molar-refractivity contribution is -0.140. The van der Waals surface area contributed by atoms with Gasteiger partial charge in [0.1, 0.15) is 18.3 Å². The quantitative estimate of drug-likeness (QED) is 0.265. The van der Waals surface area contributed by atoms with Crippen LogP contribution in [0.25, 0.3) is 0 Å². The minimum Gasteiger partial charge on any atom is -0.495 e. The number of halogens is 1. The number of ether oxygens (including phenoxy) is 1. The molecule has 0 bridgehead atoms. The molecule has 0 saturated carbocycles. The molecule has 0 spiro atoms. The van der Waals surface area contributed by atoms with E-state index in [2.05, 4.69) is 5.32 Å². The molecule has 0 aliphatic rings. The first-order valence-electron chi connectivity index (χ1n) is 13.9. The summed E-state index contributed by atoms with van der Waals surface area (Å²) in [5.74, 6) is -0.212. The molecule has 226 valence electrons. The van der Waals surface area contributed by atoms with E-state index in [1.807, 2.05) is 58.9 Å². The molecule has 0 fully saturated rings. The topological polar surface area (TPSA) is 96.0 Å². The maximum atomic E-state index is 14.2. The molecule has 2 amide bonds. The number of aryl methyl sites for hydroxylation is 2. The van der Waals surface area contributed by atoms with Gasteiger partial charge in [0.2, 0.25) is 11.8 Å². The Kier molecular flexibility index (Phi) is 11.4. The predicted octanol–water partition coefficient (Wildman–Crippen LogP) is 5.74. The normalized spacial score (nSPS) is 12.1. The Morgan fingerprint density at radius 3 is 2.24 bits per heavy atom. The lowest BCUT2D eigenvalue weighted by Crippen LogP contribution is -2.52. The van der Waals surface area contributed by atoms with Crippen LogP contribution < -0.4 is 14.4 Å². The van der Waals surface area contributed by atoms with Gasteiger partial charge in [-0.15, -0.1) is 0 Å². The minimum absolute atomic E-state index is 0.0278. The number of benzene rings is 3. The van der Waals surface area contributed by atoms with Crippen LogP contribution in [0.15, 0.2) is 71.6 Å². The SMILES string of the molecule is CC[C@H](C(=O)NCC(C)C)N(Cc1ccccc1C)C(=O)CN(c1ccc(OC)c(Cl)c1)S(=O)(=O)c1ccc(C)cc1. The second-order valence-electron chi connectivity index (χ2n) is 10.7. The molecule has 0 heterocycles. The van der Waals surface area contributed by atoms with E-state index in [0.29, 0.717) is 18.7 Å². The summed E-state index contributed by atoms with van der Waals surface area (Å²) in [6.45, 7) is 9.67. The number of amides is 2. The molecule has 0 aliphatic carbocycles. The van der Waals surface area contributed by atoms with Gasteiger partial charge in [0, 0.05) is 13.1 Å². The Morgan fingerprint density at radius 1 is 1.00 bits per heavy atom. The highest BCUT2D eigenvalue weighted by atomic mass is 35.5. The van der Waals surface area contributed by atoms with Crippen molar-refractivity contribution in [3.05, 3.63) is 88.4 Å². The highest BCUT2D eigenvalue weighted by Gasteiger charge is 2.34. The number of hydrogen-bond donors (Lipinski definition) is 1. The van der Waals surface area contributed by atoms with E-state index in [4.69, 9.17) is 16.3 Å². The number of carbonyl (C=O) groups excluding carboxylic acids is 2. The highest BCUT2D eigenvalue weighted by Crippen LogP contribution is 2.32. The summed E-state index contributed by atoms with van der Waals surface area (Å²) in [6.07, 6.45) is 0.348. The van der Waals surface area contributed by atoms with Crippen molar-refractivity contribution in [3.63, 3.8) is 0 Å². The fraction of sp³-hybridized carbons (Fsp3) is 0.375. The van der Waals surface area contributed by atoms with Crippen LogP contribution in [0.1, 0.15) is 43.9 Å². The molecule has 0 aliphatic heterocycles. The molecule has 3 rings (SSSR count). The predicted molar refractivity (Wildman–Crippen MR) is 167 cm³/mol. The largest absolute Gasteiger partial charge is 0.495 e. The zero-order valence-corrected chi connectivity index (χ0v) is 26.6. The van der Waals surface area contributed by atoms with Gasteiger partial charge in [0.15, 0.2) is 0 Å². The third kappa shape index (κ3) is 8.04. The van der Waals surface area contributed by atoms with Crippen molar-refractivity contribution >= 4 is 39.1 Å². The zero-order chi connectivity index (χ0) is 31.0. The van der Waals surface area contributed by atoms with Crippen LogP contribution in [-0.4, -0.2) is 51.4 Å². The Hall–Kier alpha value is -3.56. The number of hydrogen-bond acceptors (Lipinski definition) is 5. The Morgan fingerprint density at radius 2 is 1.67 bits per heavy atom. The van der Waals surface area contributed by atoms with Gasteiger partial charge in [-0.1, -0.05) is 74.3 Å². The van der Waals surface area contributed by atoms with Crippen LogP contribution in [0, 0.1) is 19.8 Å². The van der Waals surface area contributed by atoms with Crippen molar-refractivity contribution < 1.29 is 22.7 Å². The standard InChI is InChI=1S/C32H40ClN3O5S/c1-7-29(32(38)34-19-22(2)3)35(20-25-11-9-8-10-24(25)5)31(37)21-36(26-14-17-30(41-6)28(33)18-26)42(39,40)27-15-12-23(4)13-16-27/h8-18,22,29H,7,19-21H2,1-6H3,(H,34,38)/t29-/m1/s1. The number of anilines is 1. The van der Waals surface area contributed by atoms with Crippen molar-refractivity contribution in [1.82, 2.24) is 10.2 Å². The first-order valence-corrected chi connectivity index (χ1v) is 15.7. The Bertz CT molecular complexity index is 1490. The van der Waals surface area contributed by atoms with Crippen molar-refractivity contribution in [2.75, 3.05) is 24.5 Å². The molecule has 0 aromatic heterocycles. The molecule has 1 atom stereocenters. The molecule has 3 aromatic carbocycles. The number of rotatable bonds is 13. The molecule has 10 heteroatoms. The molecule has 3 aromatic rings. The average Bonchev–Trinajstić information content (AvgIpc) is 2.95. The van der Waals surface area contributed by atoms with Crippen LogP contribution in [0.2, 0.25) is 5.02 Å².